The normalized spacial score (nSPS) is 16.1. The van der Waals surface area contributed by atoms with Crippen molar-refractivity contribution in [3.05, 3.63) is 77.7 Å². The molecule has 1 saturated heterocycles. The molecule has 43 heavy (non-hydrogen) atoms. The summed E-state index contributed by atoms with van der Waals surface area (Å²) in [5.74, 6) is -0.0153. The number of rotatable bonds is 6. The van der Waals surface area contributed by atoms with Crippen molar-refractivity contribution in [2.45, 2.75) is 44.4 Å². The maximum absolute atomic E-state index is 13.8. The van der Waals surface area contributed by atoms with E-state index in [9.17, 15) is 26.3 Å². The monoisotopic (exact) mass is 602 g/mol. The minimum absolute atomic E-state index is 0.0200. The first-order valence-electron chi connectivity index (χ1n) is 13.3. The molecule has 1 atom stereocenters. The van der Waals surface area contributed by atoms with Crippen molar-refractivity contribution in [2.24, 2.45) is 7.05 Å². The van der Waals surface area contributed by atoms with Gasteiger partial charge in [-0.3, -0.25) is 0 Å². The van der Waals surface area contributed by atoms with E-state index in [1.807, 2.05) is 0 Å². The van der Waals surface area contributed by atoms with Gasteiger partial charge >= 0.3 is 12.4 Å². The number of aromatic nitrogens is 6. The highest BCUT2D eigenvalue weighted by Crippen LogP contribution is 2.38. The van der Waals surface area contributed by atoms with Crippen LogP contribution in [0.5, 0.6) is 5.88 Å². The number of fused-ring (bicyclic) bond motifs is 1. The zero-order valence-corrected chi connectivity index (χ0v) is 22.7. The number of hydrogen-bond acceptors (Lipinski definition) is 6. The van der Waals surface area contributed by atoms with Crippen LogP contribution in [0.25, 0.3) is 33.8 Å². The minimum atomic E-state index is -4.63. The quantitative estimate of drug-likeness (QED) is 0.191. The van der Waals surface area contributed by atoms with Gasteiger partial charge in [-0.1, -0.05) is 42.5 Å². The second-order valence-corrected chi connectivity index (χ2v) is 10.1. The molecule has 224 valence electrons. The lowest BCUT2D eigenvalue weighted by Crippen LogP contribution is -2.19. The third-order valence-corrected chi connectivity index (χ3v) is 7.07. The van der Waals surface area contributed by atoms with Crippen molar-refractivity contribution in [1.29, 1.82) is 0 Å². The SMILES string of the molecule is Cn1cc(C(F)(F)F)nc1-c1ccc(COc2nc(-c3ccccc3C(F)(F)F)nc3cnn(C4CCCCO4)c23)cc1. The van der Waals surface area contributed by atoms with Gasteiger partial charge in [-0.15, -0.1) is 0 Å². The van der Waals surface area contributed by atoms with Crippen LogP contribution in [0.4, 0.5) is 26.3 Å². The van der Waals surface area contributed by atoms with Crippen LogP contribution < -0.4 is 4.74 Å². The zero-order valence-electron chi connectivity index (χ0n) is 22.7. The molecule has 0 aliphatic carbocycles. The summed E-state index contributed by atoms with van der Waals surface area (Å²) in [7, 11) is 1.47. The second-order valence-electron chi connectivity index (χ2n) is 10.1. The van der Waals surface area contributed by atoms with E-state index >= 15 is 0 Å². The minimum Gasteiger partial charge on any atom is -0.471 e. The Morgan fingerprint density at radius 3 is 2.37 bits per heavy atom. The Labute approximate surface area is 240 Å². The van der Waals surface area contributed by atoms with E-state index in [-0.39, 0.29) is 35.2 Å². The summed E-state index contributed by atoms with van der Waals surface area (Å²) >= 11 is 0. The molecule has 14 heteroatoms. The molecule has 0 spiro atoms. The molecule has 4 heterocycles. The highest BCUT2D eigenvalue weighted by Gasteiger charge is 2.35. The number of nitrogens with zero attached hydrogens (tertiary/aromatic N) is 6. The Balaban J connectivity index is 1.35. The summed E-state index contributed by atoms with van der Waals surface area (Å²) in [5.41, 5.74) is -0.321. The van der Waals surface area contributed by atoms with Crippen LogP contribution in [0, 0.1) is 0 Å². The molecule has 2 aromatic carbocycles. The molecule has 1 fully saturated rings. The summed E-state index contributed by atoms with van der Waals surface area (Å²) in [6, 6.07) is 11.6. The summed E-state index contributed by atoms with van der Waals surface area (Å²) in [6.45, 7) is 0.491. The molecule has 0 N–H and O–H groups in total. The molecule has 1 unspecified atom stereocenters. The highest BCUT2D eigenvalue weighted by molar-refractivity contribution is 5.82. The second kappa shape index (κ2) is 11.0. The van der Waals surface area contributed by atoms with Crippen LogP contribution in [0.3, 0.4) is 0 Å². The van der Waals surface area contributed by atoms with Gasteiger partial charge in [0.1, 0.15) is 17.9 Å². The average Bonchev–Trinajstić information content (AvgIpc) is 3.60. The Morgan fingerprint density at radius 1 is 0.930 bits per heavy atom. The van der Waals surface area contributed by atoms with Gasteiger partial charge in [0.05, 0.1) is 11.8 Å². The summed E-state index contributed by atoms with van der Waals surface area (Å²) in [5, 5.41) is 4.41. The fraction of sp³-hybridized carbons (Fsp3) is 0.310. The molecule has 5 aromatic rings. The number of alkyl halides is 6. The first-order chi connectivity index (χ1) is 20.5. The fourth-order valence-electron chi connectivity index (χ4n) is 4.98. The molecule has 3 aromatic heterocycles. The van der Waals surface area contributed by atoms with Crippen LogP contribution in [-0.2, 0) is 30.7 Å². The number of hydrogen-bond donors (Lipinski definition) is 0. The summed E-state index contributed by atoms with van der Waals surface area (Å²) in [6.07, 6.45) is -4.76. The van der Waals surface area contributed by atoms with Crippen LogP contribution in [0.1, 0.15) is 42.3 Å². The maximum atomic E-state index is 13.8. The number of aryl methyl sites for hydroxylation is 1. The molecule has 6 rings (SSSR count). The number of halogens is 6. The van der Waals surface area contributed by atoms with E-state index in [1.54, 1.807) is 28.9 Å². The number of imidazole rings is 1. The molecule has 0 radical (unpaired) electrons. The van der Waals surface area contributed by atoms with E-state index in [4.69, 9.17) is 9.47 Å². The van der Waals surface area contributed by atoms with E-state index in [2.05, 4.69) is 20.1 Å². The largest absolute Gasteiger partial charge is 0.471 e. The predicted molar refractivity (Wildman–Crippen MR) is 143 cm³/mol. The summed E-state index contributed by atoms with van der Waals surface area (Å²) < 4.78 is 95.6. The third-order valence-electron chi connectivity index (χ3n) is 7.07. The van der Waals surface area contributed by atoms with E-state index < -0.39 is 29.8 Å². The fourth-order valence-corrected chi connectivity index (χ4v) is 4.98. The van der Waals surface area contributed by atoms with Gasteiger partial charge in [0.2, 0.25) is 5.88 Å². The van der Waals surface area contributed by atoms with Gasteiger partial charge in [-0.05, 0) is 30.9 Å². The molecular formula is C29H24F6N6O2. The van der Waals surface area contributed by atoms with Gasteiger partial charge in [-0.2, -0.15) is 36.4 Å². The van der Waals surface area contributed by atoms with Crippen molar-refractivity contribution < 1.29 is 35.8 Å². The van der Waals surface area contributed by atoms with Crippen LogP contribution in [0.15, 0.2) is 60.9 Å². The molecular weight excluding hydrogens is 578 g/mol. The molecule has 0 amide bonds. The van der Waals surface area contributed by atoms with Gasteiger partial charge in [-0.25, -0.2) is 14.6 Å². The first-order valence-corrected chi connectivity index (χ1v) is 13.3. The maximum Gasteiger partial charge on any atom is 0.434 e. The van der Waals surface area contributed by atoms with Crippen molar-refractivity contribution in [3.63, 3.8) is 0 Å². The lowest BCUT2D eigenvalue weighted by Gasteiger charge is -2.23. The lowest BCUT2D eigenvalue weighted by atomic mass is 10.1. The van der Waals surface area contributed by atoms with E-state index in [0.717, 1.165) is 25.1 Å². The molecule has 1 aliphatic heterocycles. The van der Waals surface area contributed by atoms with Crippen LogP contribution >= 0.6 is 0 Å². The van der Waals surface area contributed by atoms with E-state index in [1.165, 1.54) is 36.0 Å². The average molecular weight is 603 g/mol. The van der Waals surface area contributed by atoms with Gasteiger partial charge < -0.3 is 14.0 Å². The molecule has 8 nitrogen and oxygen atoms in total. The highest BCUT2D eigenvalue weighted by atomic mass is 19.4. The lowest BCUT2D eigenvalue weighted by molar-refractivity contribution is -0.141. The van der Waals surface area contributed by atoms with Crippen molar-refractivity contribution >= 4 is 11.0 Å². The zero-order chi connectivity index (χ0) is 30.4. The molecule has 1 aliphatic rings. The summed E-state index contributed by atoms with van der Waals surface area (Å²) in [4.78, 5) is 12.5. The number of benzene rings is 2. The smallest absolute Gasteiger partial charge is 0.434 e. The van der Waals surface area contributed by atoms with Gasteiger partial charge in [0, 0.05) is 31.0 Å². The predicted octanol–water partition coefficient (Wildman–Crippen LogP) is 7.21. The topological polar surface area (TPSA) is 79.9 Å². The Hall–Kier alpha value is -4.46. The van der Waals surface area contributed by atoms with Gasteiger partial charge in [0.15, 0.2) is 23.3 Å². The Kier molecular flexibility index (Phi) is 7.32. The Bertz CT molecular complexity index is 1750. The van der Waals surface area contributed by atoms with Crippen molar-refractivity contribution in [1.82, 2.24) is 29.3 Å². The number of ether oxygens (including phenoxy) is 2. The molecule has 0 saturated carbocycles. The molecule has 0 bridgehead atoms. The van der Waals surface area contributed by atoms with Crippen molar-refractivity contribution in [3.8, 4) is 28.7 Å². The standard InChI is InChI=1S/C29H24F6N6O2/c1-40-15-22(29(33,34)35)38-26(40)18-11-9-17(10-12-18)16-43-27-24-21(14-36-41(24)23-8-4-5-13-42-23)37-25(39-27)19-6-2-3-7-20(19)28(30,31)32/h2-3,6-7,9-12,14-15,23H,4-5,8,13,16H2,1H3. The van der Waals surface area contributed by atoms with Crippen molar-refractivity contribution in [2.75, 3.05) is 6.61 Å². The Morgan fingerprint density at radius 2 is 1.70 bits per heavy atom. The third kappa shape index (κ3) is 5.78. The van der Waals surface area contributed by atoms with Gasteiger partial charge in [0.25, 0.3) is 0 Å². The van der Waals surface area contributed by atoms with Crippen LogP contribution in [0.2, 0.25) is 0 Å². The van der Waals surface area contributed by atoms with Crippen LogP contribution in [-0.4, -0.2) is 35.9 Å². The van der Waals surface area contributed by atoms with E-state index in [0.29, 0.717) is 29.7 Å². The first kappa shape index (κ1) is 28.6.